The van der Waals surface area contributed by atoms with Crippen LogP contribution in [-0.4, -0.2) is 40.8 Å². The van der Waals surface area contributed by atoms with E-state index in [0.717, 1.165) is 25.1 Å². The van der Waals surface area contributed by atoms with E-state index in [2.05, 4.69) is 25.7 Å². The van der Waals surface area contributed by atoms with Gasteiger partial charge in [-0.3, -0.25) is 19.8 Å². The number of piperidine rings is 1. The van der Waals surface area contributed by atoms with Crippen LogP contribution in [0.5, 0.6) is 5.75 Å². The van der Waals surface area contributed by atoms with Crippen molar-refractivity contribution in [1.29, 1.82) is 0 Å². The summed E-state index contributed by atoms with van der Waals surface area (Å²) in [5, 5.41) is 11.8. The Balaban J connectivity index is 1.51. The number of ether oxygens (including phenoxy) is 1. The molecule has 1 aliphatic heterocycles. The molecule has 7 heteroatoms. The first-order valence-corrected chi connectivity index (χ1v) is 12.6. The van der Waals surface area contributed by atoms with Gasteiger partial charge in [-0.05, 0) is 63.4 Å². The first kappa shape index (κ1) is 24.9. The van der Waals surface area contributed by atoms with Crippen LogP contribution in [-0.2, 0) is 6.42 Å². The van der Waals surface area contributed by atoms with Crippen molar-refractivity contribution in [2.24, 2.45) is 0 Å². The number of ketones is 1. The van der Waals surface area contributed by atoms with Crippen LogP contribution < -0.4 is 4.74 Å². The molecule has 1 aromatic heterocycles. The fourth-order valence-corrected chi connectivity index (χ4v) is 5.04. The fraction of sp³-hybridized carbons (Fsp3) is 0.464. The minimum absolute atomic E-state index is 0.0597. The minimum atomic E-state index is -0.454. The SMILES string of the molecule is CCCCc1oc2ccc([N+](=O)[O-])cc2c1C(=O)c1ccc(OCCN2C(C)CCCC2C)cc1. The van der Waals surface area contributed by atoms with Gasteiger partial charge in [0.1, 0.15) is 23.7 Å². The number of benzene rings is 2. The van der Waals surface area contributed by atoms with Gasteiger partial charge in [-0.25, -0.2) is 0 Å². The number of rotatable bonds is 10. The Morgan fingerprint density at radius 3 is 2.51 bits per heavy atom. The van der Waals surface area contributed by atoms with Crippen LogP contribution in [0.25, 0.3) is 11.0 Å². The van der Waals surface area contributed by atoms with Crippen molar-refractivity contribution in [3.8, 4) is 5.75 Å². The second-order valence-electron chi connectivity index (χ2n) is 9.51. The lowest BCUT2D eigenvalue weighted by molar-refractivity contribution is -0.384. The molecule has 1 saturated heterocycles. The van der Waals surface area contributed by atoms with Crippen molar-refractivity contribution in [2.45, 2.75) is 71.4 Å². The summed E-state index contributed by atoms with van der Waals surface area (Å²) in [5.74, 6) is 1.10. The minimum Gasteiger partial charge on any atom is -0.492 e. The van der Waals surface area contributed by atoms with Crippen molar-refractivity contribution in [2.75, 3.05) is 13.2 Å². The highest BCUT2D eigenvalue weighted by Crippen LogP contribution is 2.32. The average Bonchev–Trinajstić information content (AvgIpc) is 3.22. The van der Waals surface area contributed by atoms with Gasteiger partial charge < -0.3 is 9.15 Å². The number of unbranched alkanes of at least 4 members (excludes halogenated alkanes) is 1. The summed E-state index contributed by atoms with van der Waals surface area (Å²) < 4.78 is 11.9. The summed E-state index contributed by atoms with van der Waals surface area (Å²) in [7, 11) is 0. The molecule has 0 saturated carbocycles. The predicted molar refractivity (Wildman–Crippen MR) is 136 cm³/mol. The van der Waals surface area contributed by atoms with E-state index in [9.17, 15) is 14.9 Å². The summed E-state index contributed by atoms with van der Waals surface area (Å²) in [6, 6.07) is 12.7. The summed E-state index contributed by atoms with van der Waals surface area (Å²) in [6.07, 6.45) is 6.17. The molecular formula is C28H34N2O5. The number of nitrogens with zero attached hydrogens (tertiary/aromatic N) is 2. The number of carbonyl (C=O) groups excluding carboxylic acids is 1. The lowest BCUT2D eigenvalue weighted by Crippen LogP contribution is -2.45. The molecule has 0 amide bonds. The molecule has 0 spiro atoms. The number of nitro groups is 1. The third kappa shape index (κ3) is 5.56. The van der Waals surface area contributed by atoms with Crippen LogP contribution in [0.1, 0.15) is 74.6 Å². The topological polar surface area (TPSA) is 85.8 Å². The number of nitro benzene ring substituents is 1. The monoisotopic (exact) mass is 478 g/mol. The first-order valence-electron chi connectivity index (χ1n) is 12.6. The second kappa shape index (κ2) is 11.0. The quantitative estimate of drug-likeness (QED) is 0.186. The molecule has 186 valence electrons. The Morgan fingerprint density at radius 1 is 1.14 bits per heavy atom. The molecule has 0 aliphatic carbocycles. The zero-order valence-corrected chi connectivity index (χ0v) is 20.8. The molecule has 2 heterocycles. The van der Waals surface area contributed by atoms with Gasteiger partial charge >= 0.3 is 0 Å². The molecule has 2 unspecified atom stereocenters. The average molecular weight is 479 g/mol. The van der Waals surface area contributed by atoms with Crippen molar-refractivity contribution in [3.05, 3.63) is 69.5 Å². The highest BCUT2D eigenvalue weighted by molar-refractivity contribution is 6.17. The number of aryl methyl sites for hydroxylation is 1. The van der Waals surface area contributed by atoms with E-state index in [-0.39, 0.29) is 11.5 Å². The Kier molecular flexibility index (Phi) is 7.86. The van der Waals surface area contributed by atoms with Gasteiger partial charge in [-0.1, -0.05) is 19.8 Å². The van der Waals surface area contributed by atoms with Crippen molar-refractivity contribution in [3.63, 3.8) is 0 Å². The van der Waals surface area contributed by atoms with Gasteiger partial charge in [0.25, 0.3) is 5.69 Å². The zero-order valence-electron chi connectivity index (χ0n) is 20.8. The molecule has 0 radical (unpaired) electrons. The Morgan fingerprint density at radius 2 is 1.86 bits per heavy atom. The second-order valence-corrected chi connectivity index (χ2v) is 9.51. The molecule has 4 rings (SSSR count). The lowest BCUT2D eigenvalue weighted by Gasteiger charge is -2.38. The number of hydrogen-bond acceptors (Lipinski definition) is 6. The van der Waals surface area contributed by atoms with E-state index >= 15 is 0 Å². The van der Waals surface area contributed by atoms with Gasteiger partial charge in [-0.15, -0.1) is 0 Å². The third-order valence-corrected chi connectivity index (χ3v) is 7.05. The largest absolute Gasteiger partial charge is 0.492 e. The summed E-state index contributed by atoms with van der Waals surface area (Å²) in [4.78, 5) is 26.9. The molecular weight excluding hydrogens is 444 g/mol. The number of fused-ring (bicyclic) bond motifs is 1. The van der Waals surface area contributed by atoms with Crippen molar-refractivity contribution >= 4 is 22.4 Å². The van der Waals surface area contributed by atoms with E-state index < -0.39 is 4.92 Å². The van der Waals surface area contributed by atoms with E-state index in [4.69, 9.17) is 9.15 Å². The summed E-state index contributed by atoms with van der Waals surface area (Å²) in [5.41, 5.74) is 1.35. The van der Waals surface area contributed by atoms with Crippen LogP contribution in [0, 0.1) is 10.1 Å². The third-order valence-electron chi connectivity index (χ3n) is 7.05. The van der Waals surface area contributed by atoms with E-state index in [1.165, 1.54) is 31.4 Å². The Bertz CT molecular complexity index is 1170. The molecule has 3 aromatic rings. The molecule has 1 aliphatic rings. The predicted octanol–water partition coefficient (Wildman–Crippen LogP) is 6.56. The maximum Gasteiger partial charge on any atom is 0.270 e. The lowest BCUT2D eigenvalue weighted by atomic mass is 9.98. The number of non-ortho nitro benzene ring substituents is 1. The van der Waals surface area contributed by atoms with E-state index in [0.29, 0.717) is 53.0 Å². The molecule has 2 aromatic carbocycles. The van der Waals surface area contributed by atoms with E-state index in [1.807, 2.05) is 12.1 Å². The normalized spacial score (nSPS) is 18.6. The first-order chi connectivity index (χ1) is 16.9. The molecule has 7 nitrogen and oxygen atoms in total. The maximum atomic E-state index is 13.5. The number of likely N-dealkylation sites (tertiary alicyclic amines) is 1. The van der Waals surface area contributed by atoms with Crippen LogP contribution >= 0.6 is 0 Å². The van der Waals surface area contributed by atoms with Crippen LogP contribution in [0.15, 0.2) is 46.9 Å². The molecule has 0 N–H and O–H groups in total. The van der Waals surface area contributed by atoms with Crippen LogP contribution in [0.4, 0.5) is 5.69 Å². The zero-order chi connectivity index (χ0) is 24.9. The standard InChI is InChI=1S/C28H34N2O5/c1-4-5-9-26-27(24-18-22(30(32)33)12-15-25(24)35-26)28(31)21-10-13-23(14-11-21)34-17-16-29-19(2)7-6-8-20(29)3/h10-15,18-20H,4-9,16-17H2,1-3H3. The number of furan rings is 1. The molecule has 1 fully saturated rings. The summed E-state index contributed by atoms with van der Waals surface area (Å²) >= 11 is 0. The van der Waals surface area contributed by atoms with Crippen LogP contribution in [0.3, 0.4) is 0 Å². The van der Waals surface area contributed by atoms with Crippen molar-refractivity contribution in [1.82, 2.24) is 4.90 Å². The number of carbonyl (C=O) groups is 1. The summed E-state index contributed by atoms with van der Waals surface area (Å²) in [6.45, 7) is 8.10. The number of hydrogen-bond donors (Lipinski definition) is 0. The molecule has 35 heavy (non-hydrogen) atoms. The van der Waals surface area contributed by atoms with Crippen molar-refractivity contribution < 1.29 is 18.9 Å². The van der Waals surface area contributed by atoms with E-state index in [1.54, 1.807) is 18.2 Å². The van der Waals surface area contributed by atoms with Gasteiger partial charge in [0.05, 0.1) is 10.5 Å². The van der Waals surface area contributed by atoms with Gasteiger partial charge in [-0.2, -0.15) is 0 Å². The van der Waals surface area contributed by atoms with Gasteiger partial charge in [0.2, 0.25) is 0 Å². The highest BCUT2D eigenvalue weighted by Gasteiger charge is 2.25. The van der Waals surface area contributed by atoms with Gasteiger partial charge in [0.15, 0.2) is 5.78 Å². The fourth-order valence-electron chi connectivity index (χ4n) is 5.04. The molecule has 0 bridgehead atoms. The molecule has 2 atom stereocenters. The maximum absolute atomic E-state index is 13.5. The van der Waals surface area contributed by atoms with Gasteiger partial charge in [0, 0.05) is 48.1 Å². The Hall–Kier alpha value is -3.19. The Labute approximate surface area is 206 Å². The highest BCUT2D eigenvalue weighted by atomic mass is 16.6. The smallest absolute Gasteiger partial charge is 0.270 e. The van der Waals surface area contributed by atoms with Crippen LogP contribution in [0.2, 0.25) is 0 Å².